The van der Waals surface area contributed by atoms with Gasteiger partial charge in [-0.1, -0.05) is 6.42 Å². The van der Waals surface area contributed by atoms with E-state index in [2.05, 4.69) is 15.8 Å². The largest absolute Gasteiger partial charge is 0.305 e. The van der Waals surface area contributed by atoms with E-state index in [1.54, 1.807) is 0 Å². The van der Waals surface area contributed by atoms with E-state index in [0.29, 0.717) is 0 Å². The second kappa shape index (κ2) is 4.18. The van der Waals surface area contributed by atoms with Crippen LogP contribution in [-0.4, -0.2) is 36.9 Å². The minimum atomic E-state index is -0.0687. The normalized spacial score (nSPS) is 22.7. The number of hydrogen-bond acceptors (Lipinski definition) is 3. The second-order valence-electron chi connectivity index (χ2n) is 4.52. The molecule has 15 heavy (non-hydrogen) atoms. The quantitative estimate of drug-likeness (QED) is 0.605. The number of hydrogen-bond donors (Lipinski definition) is 2. The SMILES string of the molecule is CN1CC(C(=O)NNC(=O)C2CCC2)C1. The molecule has 5 nitrogen and oxygen atoms in total. The fourth-order valence-corrected chi connectivity index (χ4v) is 1.86. The number of likely N-dealkylation sites (tertiary alicyclic amines) is 1. The molecule has 1 saturated heterocycles. The maximum Gasteiger partial charge on any atom is 0.244 e. The van der Waals surface area contributed by atoms with Gasteiger partial charge in [0.1, 0.15) is 0 Å². The van der Waals surface area contributed by atoms with Gasteiger partial charge in [0, 0.05) is 19.0 Å². The van der Waals surface area contributed by atoms with Crippen molar-refractivity contribution in [2.75, 3.05) is 20.1 Å². The highest BCUT2D eigenvalue weighted by Crippen LogP contribution is 2.25. The molecule has 0 aromatic rings. The van der Waals surface area contributed by atoms with Crippen molar-refractivity contribution in [1.82, 2.24) is 15.8 Å². The first-order chi connectivity index (χ1) is 7.16. The fourth-order valence-electron chi connectivity index (χ4n) is 1.86. The van der Waals surface area contributed by atoms with Crippen molar-refractivity contribution in [1.29, 1.82) is 0 Å². The summed E-state index contributed by atoms with van der Waals surface area (Å²) < 4.78 is 0. The average molecular weight is 211 g/mol. The Bertz CT molecular complexity index is 270. The molecule has 1 saturated carbocycles. The maximum absolute atomic E-state index is 11.5. The van der Waals surface area contributed by atoms with Crippen LogP contribution in [0.25, 0.3) is 0 Å². The molecule has 0 atom stereocenters. The first-order valence-corrected chi connectivity index (χ1v) is 5.45. The van der Waals surface area contributed by atoms with Gasteiger partial charge in [-0.05, 0) is 19.9 Å². The lowest BCUT2D eigenvalue weighted by Gasteiger charge is -2.35. The monoisotopic (exact) mass is 211 g/mol. The summed E-state index contributed by atoms with van der Waals surface area (Å²) in [5.74, 6) is 0.0501. The predicted molar refractivity (Wildman–Crippen MR) is 54.6 cm³/mol. The van der Waals surface area contributed by atoms with E-state index in [0.717, 1.165) is 32.4 Å². The molecule has 0 unspecified atom stereocenters. The highest BCUT2D eigenvalue weighted by Gasteiger charge is 2.31. The molecule has 0 aromatic heterocycles. The molecule has 1 heterocycles. The topological polar surface area (TPSA) is 61.4 Å². The number of nitrogens with zero attached hydrogens (tertiary/aromatic N) is 1. The van der Waals surface area contributed by atoms with E-state index in [4.69, 9.17) is 0 Å². The molecule has 2 rings (SSSR count). The molecular weight excluding hydrogens is 194 g/mol. The highest BCUT2D eigenvalue weighted by molar-refractivity contribution is 5.85. The van der Waals surface area contributed by atoms with Crippen LogP contribution in [0.5, 0.6) is 0 Å². The van der Waals surface area contributed by atoms with E-state index < -0.39 is 0 Å². The van der Waals surface area contributed by atoms with Crippen molar-refractivity contribution in [3.63, 3.8) is 0 Å². The fraction of sp³-hybridized carbons (Fsp3) is 0.800. The molecule has 2 fully saturated rings. The minimum Gasteiger partial charge on any atom is -0.305 e. The molecule has 2 aliphatic rings. The molecule has 1 aliphatic carbocycles. The number of nitrogens with one attached hydrogen (secondary N) is 2. The zero-order valence-electron chi connectivity index (χ0n) is 8.95. The first-order valence-electron chi connectivity index (χ1n) is 5.45. The Morgan fingerprint density at radius 1 is 1.07 bits per heavy atom. The van der Waals surface area contributed by atoms with Gasteiger partial charge in [0.05, 0.1) is 5.92 Å². The van der Waals surface area contributed by atoms with Crippen LogP contribution < -0.4 is 10.9 Å². The van der Waals surface area contributed by atoms with Crippen LogP contribution in [0.1, 0.15) is 19.3 Å². The van der Waals surface area contributed by atoms with E-state index >= 15 is 0 Å². The number of carbonyl (C=O) groups is 2. The summed E-state index contributed by atoms with van der Waals surface area (Å²) in [6.07, 6.45) is 3.03. The maximum atomic E-state index is 11.5. The number of hydrazine groups is 1. The van der Waals surface area contributed by atoms with Gasteiger partial charge in [-0.25, -0.2) is 0 Å². The number of rotatable bonds is 2. The van der Waals surface area contributed by atoms with Gasteiger partial charge in [-0.15, -0.1) is 0 Å². The minimum absolute atomic E-state index is 0.0386. The van der Waals surface area contributed by atoms with Crippen molar-refractivity contribution >= 4 is 11.8 Å². The molecule has 0 bridgehead atoms. The summed E-state index contributed by atoms with van der Waals surface area (Å²) in [7, 11) is 1.97. The number of carbonyl (C=O) groups excluding carboxylic acids is 2. The van der Waals surface area contributed by atoms with E-state index in [1.165, 1.54) is 0 Å². The van der Waals surface area contributed by atoms with E-state index in [1.807, 2.05) is 7.05 Å². The van der Waals surface area contributed by atoms with Gasteiger partial charge in [0.15, 0.2) is 0 Å². The summed E-state index contributed by atoms with van der Waals surface area (Å²) in [4.78, 5) is 24.9. The summed E-state index contributed by atoms with van der Waals surface area (Å²) in [5.41, 5.74) is 4.98. The lowest BCUT2D eigenvalue weighted by atomic mass is 9.85. The van der Waals surface area contributed by atoms with Gasteiger partial charge in [0.2, 0.25) is 11.8 Å². The summed E-state index contributed by atoms with van der Waals surface area (Å²) >= 11 is 0. The van der Waals surface area contributed by atoms with Crippen molar-refractivity contribution in [2.45, 2.75) is 19.3 Å². The lowest BCUT2D eigenvalue weighted by Crippen LogP contribution is -2.56. The van der Waals surface area contributed by atoms with Gasteiger partial charge >= 0.3 is 0 Å². The molecule has 0 aromatic carbocycles. The Morgan fingerprint density at radius 2 is 1.60 bits per heavy atom. The van der Waals surface area contributed by atoms with Crippen molar-refractivity contribution in [3.8, 4) is 0 Å². The Kier molecular flexibility index (Phi) is 2.90. The van der Waals surface area contributed by atoms with Crippen LogP contribution in [0.3, 0.4) is 0 Å². The van der Waals surface area contributed by atoms with E-state index in [9.17, 15) is 9.59 Å². The zero-order valence-corrected chi connectivity index (χ0v) is 8.95. The third-order valence-electron chi connectivity index (χ3n) is 3.22. The Balaban J connectivity index is 1.64. The van der Waals surface area contributed by atoms with Crippen LogP contribution in [0.2, 0.25) is 0 Å². The van der Waals surface area contributed by atoms with Crippen LogP contribution in [0.15, 0.2) is 0 Å². The van der Waals surface area contributed by atoms with Crippen molar-refractivity contribution in [2.24, 2.45) is 11.8 Å². The molecule has 2 N–H and O–H groups in total. The Labute approximate surface area is 89.2 Å². The average Bonchev–Trinajstić information content (AvgIpc) is 2.06. The molecule has 0 radical (unpaired) electrons. The standard InChI is InChI=1S/C10H17N3O2/c1-13-5-8(6-13)10(15)12-11-9(14)7-3-2-4-7/h7-8H,2-6H2,1H3,(H,11,14)(H,12,15). The molecular formula is C10H17N3O2. The second-order valence-corrected chi connectivity index (χ2v) is 4.52. The van der Waals surface area contributed by atoms with Crippen LogP contribution >= 0.6 is 0 Å². The van der Waals surface area contributed by atoms with Gasteiger partial charge in [0.25, 0.3) is 0 Å². The smallest absolute Gasteiger partial charge is 0.244 e. The van der Waals surface area contributed by atoms with Crippen LogP contribution in [0.4, 0.5) is 0 Å². The van der Waals surface area contributed by atoms with E-state index in [-0.39, 0.29) is 23.7 Å². The molecule has 2 amide bonds. The third-order valence-corrected chi connectivity index (χ3v) is 3.22. The zero-order chi connectivity index (χ0) is 10.8. The number of amides is 2. The molecule has 5 heteroatoms. The predicted octanol–water partition coefficient (Wildman–Crippen LogP) is -0.504. The Morgan fingerprint density at radius 3 is 2.00 bits per heavy atom. The van der Waals surface area contributed by atoms with Crippen LogP contribution in [-0.2, 0) is 9.59 Å². The van der Waals surface area contributed by atoms with Crippen molar-refractivity contribution in [3.05, 3.63) is 0 Å². The summed E-state index contributed by atoms with van der Waals surface area (Å²) in [5, 5.41) is 0. The summed E-state index contributed by atoms with van der Waals surface area (Å²) in [6, 6.07) is 0. The van der Waals surface area contributed by atoms with Gasteiger partial charge in [-0.2, -0.15) is 0 Å². The first kappa shape index (κ1) is 10.4. The lowest BCUT2D eigenvalue weighted by molar-refractivity contribution is -0.136. The van der Waals surface area contributed by atoms with Gasteiger partial charge < -0.3 is 4.90 Å². The third kappa shape index (κ3) is 2.28. The summed E-state index contributed by atoms with van der Waals surface area (Å²) in [6.45, 7) is 1.57. The van der Waals surface area contributed by atoms with Gasteiger partial charge in [-0.3, -0.25) is 20.4 Å². The molecule has 0 spiro atoms. The highest BCUT2D eigenvalue weighted by atomic mass is 16.2. The van der Waals surface area contributed by atoms with Crippen molar-refractivity contribution < 1.29 is 9.59 Å². The molecule has 1 aliphatic heterocycles. The van der Waals surface area contributed by atoms with Crippen LogP contribution in [0, 0.1) is 11.8 Å². The Hall–Kier alpha value is -1.10. The molecule has 84 valence electrons.